The van der Waals surface area contributed by atoms with Crippen LogP contribution in [-0.2, 0) is 0 Å². The average molecular weight is 190 g/mol. The summed E-state index contributed by atoms with van der Waals surface area (Å²) in [6.45, 7) is 0. The van der Waals surface area contributed by atoms with Gasteiger partial charge in [0, 0.05) is 6.20 Å². The van der Waals surface area contributed by atoms with Crippen molar-refractivity contribution >= 4 is 11.3 Å². The van der Waals surface area contributed by atoms with Crippen LogP contribution in [0.2, 0.25) is 0 Å². The van der Waals surface area contributed by atoms with E-state index in [0.29, 0.717) is 0 Å². The lowest BCUT2D eigenvalue weighted by molar-refractivity contribution is 0.833. The largest absolute Gasteiger partial charge is 0.319 e. The van der Waals surface area contributed by atoms with E-state index in [-0.39, 0.29) is 6.04 Å². The van der Waals surface area contributed by atoms with E-state index in [0.717, 1.165) is 11.3 Å². The first-order valence-corrected chi connectivity index (χ1v) is 5.01. The number of hydrogen-bond donors (Lipinski definition) is 1. The molecule has 0 saturated carbocycles. The van der Waals surface area contributed by atoms with Gasteiger partial charge in [-0.2, -0.15) is 11.3 Å². The molecule has 2 N–H and O–H groups in total. The Morgan fingerprint density at radius 1 is 1.31 bits per heavy atom. The van der Waals surface area contributed by atoms with E-state index in [1.165, 1.54) is 0 Å². The van der Waals surface area contributed by atoms with Crippen LogP contribution >= 0.6 is 11.3 Å². The maximum absolute atomic E-state index is 6.00. The van der Waals surface area contributed by atoms with E-state index >= 15 is 0 Å². The summed E-state index contributed by atoms with van der Waals surface area (Å²) < 4.78 is 0. The topological polar surface area (TPSA) is 38.9 Å². The number of nitrogens with two attached hydrogens (primary N) is 1. The molecule has 0 unspecified atom stereocenters. The minimum Gasteiger partial charge on any atom is -0.319 e. The zero-order valence-electron chi connectivity index (χ0n) is 7.05. The average Bonchev–Trinajstić information content (AvgIpc) is 2.71. The summed E-state index contributed by atoms with van der Waals surface area (Å²) >= 11 is 1.65. The molecule has 2 aromatic heterocycles. The Bertz CT molecular complexity index is 356. The molecule has 2 heterocycles. The number of hydrogen-bond acceptors (Lipinski definition) is 3. The van der Waals surface area contributed by atoms with E-state index < -0.39 is 0 Å². The Morgan fingerprint density at radius 3 is 2.85 bits per heavy atom. The second-order valence-corrected chi connectivity index (χ2v) is 3.57. The normalized spacial score (nSPS) is 12.7. The first-order valence-electron chi connectivity index (χ1n) is 4.06. The Balaban J connectivity index is 2.29. The summed E-state index contributed by atoms with van der Waals surface area (Å²) in [7, 11) is 0. The molecule has 0 aromatic carbocycles. The fraction of sp³-hybridized carbons (Fsp3) is 0.100. The van der Waals surface area contributed by atoms with Crippen molar-refractivity contribution in [2.75, 3.05) is 0 Å². The third kappa shape index (κ3) is 1.76. The van der Waals surface area contributed by atoms with Gasteiger partial charge in [0.2, 0.25) is 0 Å². The molecule has 2 nitrogen and oxygen atoms in total. The lowest BCUT2D eigenvalue weighted by Gasteiger charge is -2.07. The Kier molecular flexibility index (Phi) is 2.38. The molecule has 2 rings (SSSR count). The van der Waals surface area contributed by atoms with E-state index in [4.69, 9.17) is 5.73 Å². The van der Waals surface area contributed by atoms with Crippen LogP contribution in [0.3, 0.4) is 0 Å². The molecule has 2 aromatic rings. The second-order valence-electron chi connectivity index (χ2n) is 2.79. The molecular formula is C10H10N2S. The van der Waals surface area contributed by atoms with Gasteiger partial charge in [-0.15, -0.1) is 0 Å². The highest BCUT2D eigenvalue weighted by Crippen LogP contribution is 2.19. The van der Waals surface area contributed by atoms with Crippen LogP contribution in [0.5, 0.6) is 0 Å². The smallest absolute Gasteiger partial charge is 0.0734 e. The zero-order valence-corrected chi connectivity index (χ0v) is 7.87. The fourth-order valence-corrected chi connectivity index (χ4v) is 1.88. The Hall–Kier alpha value is -1.19. The molecule has 0 spiro atoms. The van der Waals surface area contributed by atoms with Gasteiger partial charge in [-0.25, -0.2) is 0 Å². The third-order valence-corrected chi connectivity index (χ3v) is 2.61. The van der Waals surface area contributed by atoms with Gasteiger partial charge in [0.05, 0.1) is 11.7 Å². The van der Waals surface area contributed by atoms with Gasteiger partial charge in [0.15, 0.2) is 0 Å². The zero-order chi connectivity index (χ0) is 9.10. The predicted molar refractivity (Wildman–Crippen MR) is 54.6 cm³/mol. The van der Waals surface area contributed by atoms with Crippen molar-refractivity contribution in [1.82, 2.24) is 4.98 Å². The summed E-state index contributed by atoms with van der Waals surface area (Å²) in [6.07, 6.45) is 1.77. The van der Waals surface area contributed by atoms with E-state index in [1.54, 1.807) is 17.5 Å². The van der Waals surface area contributed by atoms with Crippen LogP contribution < -0.4 is 5.73 Å². The van der Waals surface area contributed by atoms with Gasteiger partial charge in [-0.1, -0.05) is 6.07 Å². The van der Waals surface area contributed by atoms with Crippen LogP contribution in [0.25, 0.3) is 0 Å². The van der Waals surface area contributed by atoms with Crippen molar-refractivity contribution in [1.29, 1.82) is 0 Å². The SMILES string of the molecule is N[C@@H](c1ccsc1)c1ccccn1. The quantitative estimate of drug-likeness (QED) is 0.788. The van der Waals surface area contributed by atoms with Crippen LogP contribution in [0.15, 0.2) is 41.2 Å². The van der Waals surface area contributed by atoms with Crippen LogP contribution in [-0.4, -0.2) is 4.98 Å². The van der Waals surface area contributed by atoms with Crippen molar-refractivity contribution in [3.05, 3.63) is 52.5 Å². The van der Waals surface area contributed by atoms with E-state index in [1.807, 2.05) is 29.6 Å². The maximum Gasteiger partial charge on any atom is 0.0734 e. The molecule has 0 radical (unpaired) electrons. The second kappa shape index (κ2) is 3.68. The van der Waals surface area contributed by atoms with Crippen molar-refractivity contribution in [3.63, 3.8) is 0 Å². The van der Waals surface area contributed by atoms with Crippen molar-refractivity contribution < 1.29 is 0 Å². The predicted octanol–water partition coefficient (Wildman–Crippen LogP) is 2.19. The molecule has 0 aliphatic heterocycles. The Morgan fingerprint density at radius 2 is 2.23 bits per heavy atom. The number of nitrogens with zero attached hydrogens (tertiary/aromatic N) is 1. The maximum atomic E-state index is 6.00. The van der Waals surface area contributed by atoms with Crippen molar-refractivity contribution in [2.45, 2.75) is 6.04 Å². The van der Waals surface area contributed by atoms with Gasteiger partial charge >= 0.3 is 0 Å². The number of aromatic nitrogens is 1. The third-order valence-electron chi connectivity index (χ3n) is 1.91. The molecule has 66 valence electrons. The van der Waals surface area contributed by atoms with Gasteiger partial charge < -0.3 is 5.73 Å². The highest BCUT2D eigenvalue weighted by Gasteiger charge is 2.08. The summed E-state index contributed by atoms with van der Waals surface area (Å²) in [5.41, 5.74) is 8.05. The molecule has 0 bridgehead atoms. The fourth-order valence-electron chi connectivity index (χ4n) is 1.18. The molecule has 0 saturated heterocycles. The van der Waals surface area contributed by atoms with Crippen molar-refractivity contribution in [2.24, 2.45) is 5.73 Å². The first-order chi connectivity index (χ1) is 6.38. The minimum atomic E-state index is -0.0903. The van der Waals surface area contributed by atoms with Crippen LogP contribution in [0.1, 0.15) is 17.3 Å². The molecular weight excluding hydrogens is 180 g/mol. The lowest BCUT2D eigenvalue weighted by Crippen LogP contribution is -2.12. The summed E-state index contributed by atoms with van der Waals surface area (Å²) in [6, 6.07) is 7.73. The highest BCUT2D eigenvalue weighted by molar-refractivity contribution is 7.07. The van der Waals surface area contributed by atoms with Crippen LogP contribution in [0, 0.1) is 0 Å². The van der Waals surface area contributed by atoms with Crippen LogP contribution in [0.4, 0.5) is 0 Å². The summed E-state index contributed by atoms with van der Waals surface area (Å²) in [4.78, 5) is 4.21. The van der Waals surface area contributed by atoms with E-state index in [9.17, 15) is 0 Å². The number of thiophene rings is 1. The van der Waals surface area contributed by atoms with Gasteiger partial charge in [-0.05, 0) is 34.5 Å². The lowest BCUT2D eigenvalue weighted by atomic mass is 10.1. The Labute approximate surface area is 81.1 Å². The van der Waals surface area contributed by atoms with Crippen molar-refractivity contribution in [3.8, 4) is 0 Å². The molecule has 3 heteroatoms. The van der Waals surface area contributed by atoms with Gasteiger partial charge in [-0.3, -0.25) is 4.98 Å². The van der Waals surface area contributed by atoms with Gasteiger partial charge in [0.1, 0.15) is 0 Å². The molecule has 0 aliphatic carbocycles. The molecule has 0 amide bonds. The number of rotatable bonds is 2. The standard InChI is InChI=1S/C10H10N2S/c11-10(8-4-6-13-7-8)9-3-1-2-5-12-9/h1-7,10H,11H2/t10-/m0/s1. The summed E-state index contributed by atoms with van der Waals surface area (Å²) in [5.74, 6) is 0. The highest BCUT2D eigenvalue weighted by atomic mass is 32.1. The monoisotopic (exact) mass is 190 g/mol. The molecule has 1 atom stereocenters. The van der Waals surface area contributed by atoms with E-state index in [2.05, 4.69) is 10.4 Å². The van der Waals surface area contributed by atoms with Gasteiger partial charge in [0.25, 0.3) is 0 Å². The first kappa shape index (κ1) is 8.41. The number of pyridine rings is 1. The molecule has 13 heavy (non-hydrogen) atoms. The molecule has 0 fully saturated rings. The molecule has 0 aliphatic rings. The minimum absolute atomic E-state index is 0.0903. The summed E-state index contributed by atoms with van der Waals surface area (Å²) in [5, 5.41) is 4.08.